The summed E-state index contributed by atoms with van der Waals surface area (Å²) < 4.78 is 5.14. The van der Waals surface area contributed by atoms with Gasteiger partial charge in [0.05, 0.1) is 12.5 Å². The van der Waals surface area contributed by atoms with Gasteiger partial charge in [0.15, 0.2) is 12.4 Å². The second-order valence-corrected chi connectivity index (χ2v) is 13.2. The summed E-state index contributed by atoms with van der Waals surface area (Å²) in [5.74, 6) is -3.31. The molecule has 222 valence electrons. The van der Waals surface area contributed by atoms with Gasteiger partial charge in [-0.2, -0.15) is 0 Å². The van der Waals surface area contributed by atoms with Crippen LogP contribution in [0.2, 0.25) is 0 Å². The number of rotatable bonds is 9. The molecule has 40 heavy (non-hydrogen) atoms. The number of Topliss-reactive ketones (excluding diaryl/α,β-unsaturated/α-hetero) is 1. The van der Waals surface area contributed by atoms with E-state index < -0.39 is 53.4 Å². The van der Waals surface area contributed by atoms with Gasteiger partial charge < -0.3 is 25.4 Å². The third-order valence-electron chi connectivity index (χ3n) is 10.7. The molecular weight excluding hydrogens is 518 g/mol. The highest BCUT2D eigenvalue weighted by Gasteiger charge is 2.68. The molecular formula is C30H43NO9. The number of ketones is 2. The molecule has 4 rings (SSSR count). The number of hydrogen-bond donors (Lipinski definition) is 4. The maximum atomic E-state index is 13.4. The number of esters is 1. The molecule has 10 nitrogen and oxygen atoms in total. The molecule has 0 aromatic rings. The SMILES string of the molecule is CC(C)C(NC(=O)CCC(=O)OCC(=O)C1(O)CCC2C3CCC4=CC(=O)CCC4(C)C3C(O)CC21C)C(=O)O. The summed E-state index contributed by atoms with van der Waals surface area (Å²) in [7, 11) is 0. The topological polar surface area (TPSA) is 167 Å². The molecule has 4 N–H and O–H groups in total. The van der Waals surface area contributed by atoms with E-state index in [0.717, 1.165) is 18.4 Å². The van der Waals surface area contributed by atoms with Crippen LogP contribution < -0.4 is 5.32 Å². The molecule has 4 aliphatic rings. The third-order valence-corrected chi connectivity index (χ3v) is 10.7. The summed E-state index contributed by atoms with van der Waals surface area (Å²) in [6, 6.07) is -1.07. The van der Waals surface area contributed by atoms with Gasteiger partial charge in [0.25, 0.3) is 0 Å². The number of fused-ring (bicyclic) bond motifs is 5. The zero-order valence-electron chi connectivity index (χ0n) is 23.9. The molecule has 0 aromatic carbocycles. The summed E-state index contributed by atoms with van der Waals surface area (Å²) in [6.45, 7) is 6.68. The molecule has 3 fully saturated rings. The number of aliphatic hydroxyl groups is 2. The predicted molar refractivity (Wildman–Crippen MR) is 143 cm³/mol. The molecule has 4 aliphatic carbocycles. The number of hydrogen-bond acceptors (Lipinski definition) is 8. The zero-order valence-corrected chi connectivity index (χ0v) is 23.9. The van der Waals surface area contributed by atoms with Crippen LogP contribution >= 0.6 is 0 Å². The summed E-state index contributed by atoms with van der Waals surface area (Å²) in [6.07, 6.45) is 4.20. The minimum atomic E-state index is -1.76. The smallest absolute Gasteiger partial charge is 0.326 e. The van der Waals surface area contributed by atoms with Crippen LogP contribution in [-0.2, 0) is 28.7 Å². The number of allylic oxidation sites excluding steroid dienone is 1. The van der Waals surface area contributed by atoms with Gasteiger partial charge in [-0.05, 0) is 73.7 Å². The van der Waals surface area contributed by atoms with Crippen molar-refractivity contribution < 1.29 is 44.0 Å². The summed E-state index contributed by atoms with van der Waals surface area (Å²) in [5, 5.41) is 34.8. The van der Waals surface area contributed by atoms with Gasteiger partial charge in [-0.25, -0.2) is 4.79 Å². The van der Waals surface area contributed by atoms with E-state index >= 15 is 0 Å². The van der Waals surface area contributed by atoms with Gasteiger partial charge in [-0.3, -0.25) is 19.2 Å². The monoisotopic (exact) mass is 561 g/mol. The Hall–Kier alpha value is -2.59. The number of carboxylic acid groups (broad SMARTS) is 1. The van der Waals surface area contributed by atoms with Crippen LogP contribution in [0.1, 0.15) is 85.5 Å². The fourth-order valence-electron chi connectivity index (χ4n) is 8.46. The lowest BCUT2D eigenvalue weighted by Gasteiger charge is -2.60. The molecule has 10 heteroatoms. The number of carbonyl (C=O) groups is 5. The Labute approximate surface area is 234 Å². The van der Waals surface area contributed by atoms with Gasteiger partial charge in [-0.1, -0.05) is 33.3 Å². The maximum absolute atomic E-state index is 13.4. The number of aliphatic hydroxyl groups excluding tert-OH is 1. The van der Waals surface area contributed by atoms with Crippen LogP contribution in [0.15, 0.2) is 11.6 Å². The largest absolute Gasteiger partial charge is 0.480 e. The Morgan fingerprint density at radius 3 is 2.45 bits per heavy atom. The van der Waals surface area contributed by atoms with Crippen LogP contribution in [0.25, 0.3) is 0 Å². The molecule has 0 bridgehead atoms. The van der Waals surface area contributed by atoms with Gasteiger partial charge >= 0.3 is 11.9 Å². The Morgan fingerprint density at radius 2 is 1.80 bits per heavy atom. The van der Waals surface area contributed by atoms with E-state index in [9.17, 15) is 39.3 Å². The fourth-order valence-corrected chi connectivity index (χ4v) is 8.46. The normalized spacial score (nSPS) is 37.5. The van der Waals surface area contributed by atoms with E-state index in [4.69, 9.17) is 4.74 Å². The first-order valence-corrected chi connectivity index (χ1v) is 14.5. The summed E-state index contributed by atoms with van der Waals surface area (Å²) in [5.41, 5.74) is -1.81. The molecule has 0 aliphatic heterocycles. The van der Waals surface area contributed by atoms with E-state index in [2.05, 4.69) is 12.2 Å². The minimum absolute atomic E-state index is 0.00777. The first-order valence-electron chi connectivity index (χ1n) is 14.5. The molecule has 3 saturated carbocycles. The number of amides is 1. The summed E-state index contributed by atoms with van der Waals surface area (Å²) >= 11 is 0. The standard InChI is InChI=1S/C30H43NO9/c1-16(2)26(27(37)38)31-23(35)7-8-24(36)40-15-22(34)30(39)12-10-20-19-6-5-17-13-18(32)9-11-28(17,3)25(19)21(33)14-29(20,30)4/h13,16,19-21,25-26,33,39H,5-12,14-15H2,1-4H3,(H,31,35)(H,37,38). The van der Waals surface area contributed by atoms with E-state index in [1.165, 1.54) is 0 Å². The van der Waals surface area contributed by atoms with Crippen LogP contribution in [0.3, 0.4) is 0 Å². The number of ether oxygens (including phenoxy) is 1. The van der Waals surface area contributed by atoms with Crippen molar-refractivity contribution in [3.05, 3.63) is 11.6 Å². The zero-order chi connectivity index (χ0) is 29.6. The Kier molecular flexibility index (Phi) is 8.36. The first-order chi connectivity index (χ1) is 18.6. The van der Waals surface area contributed by atoms with E-state index in [-0.39, 0.29) is 60.6 Å². The molecule has 8 atom stereocenters. The maximum Gasteiger partial charge on any atom is 0.326 e. The highest BCUT2D eigenvalue weighted by molar-refractivity contribution is 5.92. The second kappa shape index (κ2) is 11.0. The van der Waals surface area contributed by atoms with Crippen molar-refractivity contribution in [2.24, 2.45) is 34.5 Å². The number of carbonyl (C=O) groups excluding carboxylic acids is 4. The van der Waals surface area contributed by atoms with Crippen molar-refractivity contribution in [3.63, 3.8) is 0 Å². The van der Waals surface area contributed by atoms with Crippen molar-refractivity contribution in [3.8, 4) is 0 Å². The van der Waals surface area contributed by atoms with Gasteiger partial charge in [0, 0.05) is 18.3 Å². The van der Waals surface area contributed by atoms with Crippen molar-refractivity contribution in [1.29, 1.82) is 0 Å². The molecule has 0 radical (unpaired) electrons. The molecule has 0 heterocycles. The van der Waals surface area contributed by atoms with Crippen LogP contribution in [-0.4, -0.2) is 69.1 Å². The van der Waals surface area contributed by atoms with E-state index in [1.807, 2.05) is 6.92 Å². The van der Waals surface area contributed by atoms with Crippen molar-refractivity contribution in [2.75, 3.05) is 6.61 Å². The first kappa shape index (κ1) is 30.4. The Balaban J connectivity index is 1.38. The molecule has 0 spiro atoms. The lowest BCUT2D eigenvalue weighted by Crippen LogP contribution is -2.62. The molecule has 1 amide bonds. The van der Waals surface area contributed by atoms with Gasteiger partial charge in [0.1, 0.15) is 11.6 Å². The lowest BCUT2D eigenvalue weighted by molar-refractivity contribution is -0.184. The highest BCUT2D eigenvalue weighted by atomic mass is 16.5. The highest BCUT2D eigenvalue weighted by Crippen LogP contribution is 2.67. The van der Waals surface area contributed by atoms with Crippen LogP contribution in [0.5, 0.6) is 0 Å². The average molecular weight is 562 g/mol. The quantitative estimate of drug-likeness (QED) is 0.309. The van der Waals surface area contributed by atoms with E-state index in [0.29, 0.717) is 19.3 Å². The molecule has 8 unspecified atom stereocenters. The summed E-state index contributed by atoms with van der Waals surface area (Å²) in [4.78, 5) is 61.1. The average Bonchev–Trinajstić information content (AvgIpc) is 3.15. The number of carboxylic acids is 1. The number of nitrogens with one attached hydrogen (secondary N) is 1. The van der Waals surface area contributed by atoms with Crippen molar-refractivity contribution in [2.45, 2.75) is 103 Å². The third kappa shape index (κ3) is 5.13. The fraction of sp³-hybridized carbons (Fsp3) is 0.767. The number of aliphatic carboxylic acids is 1. The van der Waals surface area contributed by atoms with Crippen LogP contribution in [0, 0.1) is 34.5 Å². The van der Waals surface area contributed by atoms with Crippen molar-refractivity contribution in [1.82, 2.24) is 5.32 Å². The predicted octanol–water partition coefficient (Wildman–Crippen LogP) is 2.34. The lowest BCUT2D eigenvalue weighted by atomic mass is 9.45. The van der Waals surface area contributed by atoms with Gasteiger partial charge in [-0.15, -0.1) is 0 Å². The van der Waals surface area contributed by atoms with E-state index in [1.54, 1.807) is 19.9 Å². The molecule has 0 saturated heterocycles. The Morgan fingerprint density at radius 1 is 1.10 bits per heavy atom. The van der Waals surface area contributed by atoms with Gasteiger partial charge in [0.2, 0.25) is 11.7 Å². The Bertz CT molecular complexity index is 1110. The van der Waals surface area contributed by atoms with Crippen molar-refractivity contribution >= 4 is 29.4 Å². The minimum Gasteiger partial charge on any atom is -0.480 e. The second-order valence-electron chi connectivity index (χ2n) is 13.2. The van der Waals surface area contributed by atoms with Crippen LogP contribution in [0.4, 0.5) is 0 Å². The molecule has 0 aromatic heterocycles.